The fourth-order valence-corrected chi connectivity index (χ4v) is 1.53. The van der Waals surface area contributed by atoms with Crippen molar-refractivity contribution in [2.45, 2.75) is 0 Å². The Bertz CT molecular complexity index is 772. The van der Waals surface area contributed by atoms with E-state index in [1.807, 2.05) is 0 Å². The highest BCUT2D eigenvalue weighted by molar-refractivity contribution is 6.50. The van der Waals surface area contributed by atoms with Crippen molar-refractivity contribution in [1.29, 1.82) is 10.8 Å². The van der Waals surface area contributed by atoms with Gasteiger partial charge in [-0.25, -0.2) is 0 Å². The van der Waals surface area contributed by atoms with Crippen molar-refractivity contribution in [2.24, 2.45) is 0 Å². The molecule has 2 aromatic rings. The van der Waals surface area contributed by atoms with Gasteiger partial charge in [0.2, 0.25) is 10.8 Å². The van der Waals surface area contributed by atoms with Gasteiger partial charge in [0.05, 0.1) is 0 Å². The molecule has 148 valence electrons. The van der Waals surface area contributed by atoms with E-state index in [-0.39, 0.29) is 5.78 Å². The summed E-state index contributed by atoms with van der Waals surface area (Å²) in [6, 6.07) is 12.5. The number of carbonyl (C=O) groups is 1. The Labute approximate surface area is 152 Å². The molecule has 2 aromatic carbocycles. The fourth-order valence-electron chi connectivity index (χ4n) is 1.53. The van der Waals surface area contributed by atoms with Gasteiger partial charge in [0, 0.05) is 35.4 Å². The lowest BCUT2D eigenvalue weighted by Crippen LogP contribution is -2.02. The van der Waals surface area contributed by atoms with E-state index in [0.29, 0.717) is 22.5 Å². The summed E-state index contributed by atoms with van der Waals surface area (Å²) in [6.45, 7) is 0. The molecule has 0 bridgehead atoms. The first-order chi connectivity index (χ1) is 12.7. The van der Waals surface area contributed by atoms with Crippen molar-refractivity contribution in [3.05, 3.63) is 69.6 Å². The fraction of sp³-hybridized carbons (Fsp3) is 0. The molecule has 0 aromatic heterocycles. The molecule has 2 rings (SSSR count). The predicted octanol–water partition coefficient (Wildman–Crippen LogP) is 6.49. The molecule has 0 fully saturated rings. The molecule has 0 amide bonds. The summed E-state index contributed by atoms with van der Waals surface area (Å²) in [7, 11) is -12.0. The van der Waals surface area contributed by atoms with Crippen LogP contribution in [0.15, 0.2) is 48.5 Å². The summed E-state index contributed by atoms with van der Waals surface area (Å²) in [5.41, 5.74) is 1.77. The second kappa shape index (κ2) is 10.6. The summed E-state index contributed by atoms with van der Waals surface area (Å²) >= 11 is 0. The molecule has 0 aliphatic heterocycles. The zero-order valence-electron chi connectivity index (χ0n) is 13.5. The van der Waals surface area contributed by atoms with Crippen LogP contribution in [0.5, 0.6) is 0 Å². The average Bonchev–Trinajstić information content (AvgIpc) is 2.58. The molecule has 0 saturated heterocycles. The smallest absolute Gasteiger partial charge is 0.418 e. The first kappa shape index (κ1) is 24.5. The van der Waals surface area contributed by atoms with Crippen molar-refractivity contribution < 1.29 is 39.3 Å². The Morgan fingerprint density at radius 3 is 1.00 bits per heavy atom. The Morgan fingerprint density at radius 1 is 0.607 bits per heavy atom. The molecule has 0 spiro atoms. The largest absolute Gasteiger partial charge is 0.673 e. The molecule has 5 nitrogen and oxygen atoms in total. The Hall–Kier alpha value is -3.48. The minimum Gasteiger partial charge on any atom is -0.418 e. The molecule has 0 heterocycles. The van der Waals surface area contributed by atoms with Crippen LogP contribution >= 0.6 is 0 Å². The number of nitrogens with zero attached hydrogens (tertiary/aromatic N) is 4. The van der Waals surface area contributed by atoms with E-state index < -0.39 is 14.5 Å². The predicted molar refractivity (Wildman–Crippen MR) is 86.2 cm³/mol. The van der Waals surface area contributed by atoms with E-state index in [9.17, 15) is 39.3 Å². The van der Waals surface area contributed by atoms with Crippen molar-refractivity contribution in [2.75, 3.05) is 0 Å². The normalized spacial score (nSPS) is 10.2. The number of benzene rings is 2. The molecule has 0 N–H and O–H groups in total. The summed E-state index contributed by atoms with van der Waals surface area (Å²) in [5, 5.41) is 17.1. The third-order valence-electron chi connectivity index (χ3n) is 2.49. The van der Waals surface area contributed by atoms with Gasteiger partial charge in [-0.3, -0.25) is 4.79 Å². The van der Waals surface area contributed by atoms with Gasteiger partial charge in [0.1, 0.15) is 0 Å². The first-order valence-corrected chi connectivity index (χ1v) is 6.94. The van der Waals surface area contributed by atoms with Gasteiger partial charge in [-0.2, -0.15) is 0 Å². The summed E-state index contributed by atoms with van der Waals surface area (Å²) in [4.78, 5) is 18.1. The molecular formula is C13H8B2F8N4O. The first-order valence-electron chi connectivity index (χ1n) is 6.94. The van der Waals surface area contributed by atoms with Crippen LogP contribution in [-0.4, -0.2) is 20.3 Å². The van der Waals surface area contributed by atoms with Crippen molar-refractivity contribution in [3.63, 3.8) is 0 Å². The molecule has 0 aliphatic rings. The van der Waals surface area contributed by atoms with Crippen LogP contribution in [0.1, 0.15) is 15.9 Å². The van der Waals surface area contributed by atoms with E-state index >= 15 is 0 Å². The van der Waals surface area contributed by atoms with Gasteiger partial charge >= 0.3 is 25.9 Å². The van der Waals surface area contributed by atoms with E-state index in [4.69, 9.17) is 10.8 Å². The number of halogens is 8. The summed E-state index contributed by atoms with van der Waals surface area (Å²) in [6.07, 6.45) is 0. The second-order valence-electron chi connectivity index (χ2n) is 4.61. The lowest BCUT2D eigenvalue weighted by Gasteiger charge is -1.98. The number of ketones is 1. The minimum atomic E-state index is -6.00. The van der Waals surface area contributed by atoms with Crippen LogP contribution < -0.4 is 0 Å². The van der Waals surface area contributed by atoms with Crippen LogP contribution in [-0.2, 0) is 0 Å². The molecule has 0 atom stereocenters. The van der Waals surface area contributed by atoms with E-state index in [2.05, 4.69) is 9.95 Å². The zero-order chi connectivity index (χ0) is 22.0. The molecule has 0 saturated carbocycles. The molecule has 0 radical (unpaired) electrons. The highest BCUT2D eigenvalue weighted by atomic mass is 19.5. The van der Waals surface area contributed by atoms with Gasteiger partial charge < -0.3 is 34.5 Å². The zero-order valence-corrected chi connectivity index (χ0v) is 13.5. The van der Waals surface area contributed by atoms with E-state index in [1.54, 1.807) is 48.5 Å². The van der Waals surface area contributed by atoms with E-state index in [1.165, 1.54) is 0 Å². The Balaban J connectivity index is 0.000000607. The lowest BCUT2D eigenvalue weighted by molar-refractivity contribution is 0.103. The maximum atomic E-state index is 12.1. The van der Waals surface area contributed by atoms with Gasteiger partial charge in [-0.1, -0.05) is 0 Å². The standard InChI is InChI=1S/C13H8N4O.2BF4/c14-16-11-5-1-9(2-6-11)13(18)10-3-7-12(17-15)8-4-10;2*2-1(3,4)5/h1-8H;;/q+2;2*-1. The number of rotatable bonds is 2. The maximum absolute atomic E-state index is 12.1. The Morgan fingerprint density at radius 2 is 0.821 bits per heavy atom. The number of hydrogen-bond donors (Lipinski definition) is 0. The quantitative estimate of drug-likeness (QED) is 0.246. The van der Waals surface area contributed by atoms with Crippen LogP contribution in [0.4, 0.5) is 45.9 Å². The van der Waals surface area contributed by atoms with Crippen molar-refractivity contribution in [1.82, 2.24) is 0 Å². The second-order valence-corrected chi connectivity index (χ2v) is 4.61. The highest BCUT2D eigenvalue weighted by Crippen LogP contribution is 2.18. The average molecular weight is 410 g/mol. The minimum absolute atomic E-state index is 0.149. The topological polar surface area (TPSA) is 73.4 Å². The third-order valence-corrected chi connectivity index (χ3v) is 2.49. The van der Waals surface area contributed by atoms with Crippen LogP contribution in [0, 0.1) is 10.8 Å². The number of diazo groups is 2. The van der Waals surface area contributed by atoms with Gasteiger partial charge in [-0.15, -0.1) is 0 Å². The van der Waals surface area contributed by atoms with Crippen LogP contribution in [0.3, 0.4) is 0 Å². The summed E-state index contributed by atoms with van der Waals surface area (Å²) < 4.78 is 78.0. The SMILES string of the molecule is F[B-](F)(F)F.F[B-](F)(F)F.N#[N+]c1ccc(C(=O)c2ccc([N+]#N)cc2)cc1. The highest BCUT2D eigenvalue weighted by Gasteiger charge is 2.21. The van der Waals surface area contributed by atoms with Gasteiger partial charge in [0.25, 0.3) is 0 Å². The van der Waals surface area contributed by atoms with Crippen molar-refractivity contribution in [3.8, 4) is 0 Å². The molecule has 28 heavy (non-hydrogen) atoms. The summed E-state index contributed by atoms with van der Waals surface area (Å²) in [5.74, 6) is -0.149. The molecule has 0 aliphatic carbocycles. The lowest BCUT2D eigenvalue weighted by atomic mass is 10.0. The van der Waals surface area contributed by atoms with Crippen molar-refractivity contribution >= 4 is 31.7 Å². The van der Waals surface area contributed by atoms with Crippen LogP contribution in [0.2, 0.25) is 0 Å². The maximum Gasteiger partial charge on any atom is 0.673 e. The molecule has 0 unspecified atom stereocenters. The van der Waals surface area contributed by atoms with Gasteiger partial charge in [-0.05, 0) is 24.3 Å². The Kier molecular flexibility index (Phi) is 9.30. The molecule has 15 heteroatoms. The third kappa shape index (κ3) is 12.8. The molecular weight excluding hydrogens is 402 g/mol. The monoisotopic (exact) mass is 410 g/mol. The van der Waals surface area contributed by atoms with Crippen LogP contribution in [0.25, 0.3) is 9.95 Å². The van der Waals surface area contributed by atoms with E-state index in [0.717, 1.165) is 0 Å². The number of carbonyl (C=O) groups excluding carboxylic acids is 1. The number of hydrogen-bond acceptors (Lipinski definition) is 3. The van der Waals surface area contributed by atoms with Gasteiger partial charge in [0.15, 0.2) is 15.7 Å².